The van der Waals surface area contributed by atoms with Crippen LogP contribution < -0.4 is 5.32 Å². The largest absolute Gasteiger partial charge is 0.480 e. The molecule has 112 valence electrons. The van der Waals surface area contributed by atoms with Crippen molar-refractivity contribution < 1.29 is 14.7 Å². The average Bonchev–Trinajstić information content (AvgIpc) is 3.03. The average molecular weight is 356 g/mol. The van der Waals surface area contributed by atoms with Gasteiger partial charge in [-0.1, -0.05) is 0 Å². The molecule has 2 heterocycles. The number of carbonyl (C=O) groups is 2. The highest BCUT2D eigenvalue weighted by Crippen LogP contribution is 2.06. The number of carbonyl (C=O) groups excluding carboxylic acids is 1. The molecular formula is C12H14BrN5O3. The summed E-state index contributed by atoms with van der Waals surface area (Å²) in [5.41, 5.74) is 0.345. The second-order valence-electron chi connectivity index (χ2n) is 4.35. The Morgan fingerprint density at radius 2 is 2.00 bits per heavy atom. The summed E-state index contributed by atoms with van der Waals surface area (Å²) in [5.74, 6) is -1.27. The van der Waals surface area contributed by atoms with Crippen LogP contribution in [-0.2, 0) is 17.9 Å². The number of halogens is 1. The number of amides is 1. The van der Waals surface area contributed by atoms with Gasteiger partial charge in [-0.25, -0.2) is 0 Å². The molecule has 0 radical (unpaired) electrons. The molecule has 9 heteroatoms. The Kier molecular flexibility index (Phi) is 5.09. The van der Waals surface area contributed by atoms with E-state index in [2.05, 4.69) is 31.4 Å². The second kappa shape index (κ2) is 7.02. The molecule has 0 fully saturated rings. The molecule has 0 saturated carbocycles. The Bertz CT molecular complexity index is 636. The number of carboxylic acid groups (broad SMARTS) is 1. The second-order valence-corrected chi connectivity index (χ2v) is 5.27. The molecule has 0 aliphatic carbocycles. The molecule has 0 atom stereocenters. The summed E-state index contributed by atoms with van der Waals surface area (Å²) in [6.45, 7) is 0.937. The van der Waals surface area contributed by atoms with E-state index < -0.39 is 5.97 Å². The van der Waals surface area contributed by atoms with E-state index >= 15 is 0 Å². The maximum Gasteiger partial charge on any atom is 0.325 e. The van der Waals surface area contributed by atoms with Crippen LogP contribution in [0.4, 0.5) is 0 Å². The highest BCUT2D eigenvalue weighted by atomic mass is 79.9. The zero-order valence-corrected chi connectivity index (χ0v) is 12.7. The summed E-state index contributed by atoms with van der Waals surface area (Å²) in [6.07, 6.45) is 7.06. The van der Waals surface area contributed by atoms with Gasteiger partial charge < -0.3 is 10.4 Å². The summed E-state index contributed by atoms with van der Waals surface area (Å²) in [7, 11) is 0. The van der Waals surface area contributed by atoms with Crippen LogP contribution >= 0.6 is 15.9 Å². The van der Waals surface area contributed by atoms with Gasteiger partial charge in [0.25, 0.3) is 5.91 Å². The topological polar surface area (TPSA) is 102 Å². The Morgan fingerprint density at radius 3 is 2.67 bits per heavy atom. The van der Waals surface area contributed by atoms with Crippen LogP contribution in [0, 0.1) is 0 Å². The van der Waals surface area contributed by atoms with Crippen molar-refractivity contribution >= 4 is 27.8 Å². The number of rotatable bonds is 7. The fourth-order valence-corrected chi connectivity index (χ4v) is 2.04. The van der Waals surface area contributed by atoms with Gasteiger partial charge in [0, 0.05) is 25.5 Å². The minimum atomic E-state index is -1.00. The van der Waals surface area contributed by atoms with Crippen molar-refractivity contribution in [2.75, 3.05) is 6.54 Å². The maximum absolute atomic E-state index is 11.8. The molecule has 1 amide bonds. The van der Waals surface area contributed by atoms with Gasteiger partial charge in [0.05, 0.1) is 22.4 Å². The summed E-state index contributed by atoms with van der Waals surface area (Å²) in [6, 6.07) is 0. The van der Waals surface area contributed by atoms with E-state index in [1.165, 1.54) is 17.1 Å². The first-order chi connectivity index (χ1) is 10.0. The Labute approximate surface area is 128 Å². The molecule has 2 N–H and O–H groups in total. The molecule has 0 bridgehead atoms. The number of carboxylic acids is 1. The van der Waals surface area contributed by atoms with Crippen LogP contribution in [0.3, 0.4) is 0 Å². The van der Waals surface area contributed by atoms with E-state index in [1.807, 2.05) is 6.20 Å². The monoisotopic (exact) mass is 355 g/mol. The molecule has 8 nitrogen and oxygen atoms in total. The number of aliphatic carboxylic acids is 1. The number of nitrogens with zero attached hydrogens (tertiary/aromatic N) is 4. The SMILES string of the molecule is O=C(O)Cn1cc(C(=O)NCCCn2cc(Br)cn2)cn1. The highest BCUT2D eigenvalue weighted by Gasteiger charge is 2.09. The summed E-state index contributed by atoms with van der Waals surface area (Å²) in [5, 5.41) is 19.3. The summed E-state index contributed by atoms with van der Waals surface area (Å²) in [4.78, 5) is 22.3. The Balaban J connectivity index is 1.74. The third-order valence-corrected chi connectivity index (χ3v) is 3.05. The van der Waals surface area contributed by atoms with Crippen LogP contribution in [0.2, 0.25) is 0 Å². The first kappa shape index (κ1) is 15.2. The van der Waals surface area contributed by atoms with E-state index in [9.17, 15) is 9.59 Å². The molecular weight excluding hydrogens is 342 g/mol. The predicted octanol–water partition coefficient (Wildman–Crippen LogP) is 0.747. The van der Waals surface area contributed by atoms with E-state index in [4.69, 9.17) is 5.11 Å². The minimum absolute atomic E-state index is 0.262. The molecule has 2 rings (SSSR count). The first-order valence-electron chi connectivity index (χ1n) is 6.25. The van der Waals surface area contributed by atoms with E-state index in [0.29, 0.717) is 18.7 Å². The number of hydrogen-bond donors (Lipinski definition) is 2. The molecule has 0 unspecified atom stereocenters. The third kappa shape index (κ3) is 4.71. The van der Waals surface area contributed by atoms with Crippen LogP contribution in [0.15, 0.2) is 29.3 Å². The van der Waals surface area contributed by atoms with Crippen molar-refractivity contribution in [3.8, 4) is 0 Å². The molecule has 0 aromatic carbocycles. The van der Waals surface area contributed by atoms with Crippen LogP contribution in [0.25, 0.3) is 0 Å². The Morgan fingerprint density at radius 1 is 1.24 bits per heavy atom. The van der Waals surface area contributed by atoms with E-state index in [-0.39, 0.29) is 12.5 Å². The number of nitrogens with one attached hydrogen (secondary N) is 1. The van der Waals surface area contributed by atoms with Crippen LogP contribution in [-0.4, -0.2) is 43.1 Å². The zero-order valence-electron chi connectivity index (χ0n) is 11.1. The van der Waals surface area contributed by atoms with E-state index in [1.54, 1.807) is 10.9 Å². The third-order valence-electron chi connectivity index (χ3n) is 2.64. The summed E-state index contributed by atoms with van der Waals surface area (Å²) < 4.78 is 3.90. The van der Waals surface area contributed by atoms with Gasteiger partial charge in [-0.15, -0.1) is 0 Å². The van der Waals surface area contributed by atoms with Crippen LogP contribution in [0.1, 0.15) is 16.8 Å². The van der Waals surface area contributed by atoms with Gasteiger partial charge in [0.15, 0.2) is 0 Å². The van der Waals surface area contributed by atoms with Crippen molar-refractivity contribution in [3.05, 3.63) is 34.8 Å². The normalized spacial score (nSPS) is 10.5. The molecule has 0 spiro atoms. The standard InChI is InChI=1S/C12H14BrN5O3/c13-10-5-16-17(7-10)3-1-2-14-12(21)9-4-15-18(6-9)8-11(19)20/h4-7H,1-3,8H2,(H,14,21)(H,19,20). The van der Waals surface area contributed by atoms with Crippen LogP contribution in [0.5, 0.6) is 0 Å². The predicted molar refractivity (Wildman–Crippen MR) is 76.7 cm³/mol. The molecule has 0 saturated heterocycles. The smallest absolute Gasteiger partial charge is 0.325 e. The zero-order chi connectivity index (χ0) is 15.2. The molecule has 0 aliphatic heterocycles. The first-order valence-corrected chi connectivity index (χ1v) is 7.04. The van der Waals surface area contributed by atoms with Crippen molar-refractivity contribution in [1.29, 1.82) is 0 Å². The highest BCUT2D eigenvalue weighted by molar-refractivity contribution is 9.10. The van der Waals surface area contributed by atoms with Crippen molar-refractivity contribution in [1.82, 2.24) is 24.9 Å². The lowest BCUT2D eigenvalue weighted by atomic mass is 10.3. The van der Waals surface area contributed by atoms with E-state index in [0.717, 1.165) is 10.9 Å². The summed E-state index contributed by atoms with van der Waals surface area (Å²) >= 11 is 3.31. The fraction of sp³-hybridized carbons (Fsp3) is 0.333. The number of aromatic nitrogens is 4. The number of hydrogen-bond acceptors (Lipinski definition) is 4. The lowest BCUT2D eigenvalue weighted by Crippen LogP contribution is -2.25. The molecule has 2 aromatic heterocycles. The van der Waals surface area contributed by atoms with Gasteiger partial charge >= 0.3 is 5.97 Å². The van der Waals surface area contributed by atoms with Gasteiger partial charge in [-0.05, 0) is 22.4 Å². The Hall–Kier alpha value is -2.16. The van der Waals surface area contributed by atoms with Crippen molar-refractivity contribution in [2.24, 2.45) is 0 Å². The van der Waals surface area contributed by atoms with Crippen molar-refractivity contribution in [2.45, 2.75) is 19.5 Å². The van der Waals surface area contributed by atoms with Gasteiger partial charge in [-0.3, -0.25) is 19.0 Å². The van der Waals surface area contributed by atoms with Gasteiger partial charge in [0.2, 0.25) is 0 Å². The number of aryl methyl sites for hydroxylation is 1. The lowest BCUT2D eigenvalue weighted by Gasteiger charge is -2.03. The maximum atomic E-state index is 11.8. The quantitative estimate of drug-likeness (QED) is 0.713. The molecule has 21 heavy (non-hydrogen) atoms. The van der Waals surface area contributed by atoms with Gasteiger partial charge in [-0.2, -0.15) is 10.2 Å². The molecule has 2 aromatic rings. The fourth-order valence-electron chi connectivity index (χ4n) is 1.71. The van der Waals surface area contributed by atoms with Gasteiger partial charge in [0.1, 0.15) is 6.54 Å². The lowest BCUT2D eigenvalue weighted by molar-refractivity contribution is -0.137. The molecule has 0 aliphatic rings. The van der Waals surface area contributed by atoms with Crippen molar-refractivity contribution in [3.63, 3.8) is 0 Å². The minimum Gasteiger partial charge on any atom is -0.480 e.